The maximum absolute atomic E-state index is 14.5. The molecule has 4 aromatic rings. The second-order valence-electron chi connectivity index (χ2n) is 9.45. The summed E-state index contributed by atoms with van der Waals surface area (Å²) in [6.07, 6.45) is 3.74. The number of rotatable bonds is 9. The zero-order valence-electron chi connectivity index (χ0n) is 21.8. The van der Waals surface area contributed by atoms with Crippen LogP contribution in [0.1, 0.15) is 37.3 Å². The number of anilines is 1. The quantitative estimate of drug-likeness (QED) is 0.343. The highest BCUT2D eigenvalue weighted by molar-refractivity contribution is 6.02. The second-order valence-corrected chi connectivity index (χ2v) is 9.45. The second kappa shape index (κ2) is 11.5. The van der Waals surface area contributed by atoms with E-state index in [-0.39, 0.29) is 18.3 Å². The molecule has 3 aromatic carbocycles. The maximum Gasteiger partial charge on any atom is 0.249 e. The van der Waals surface area contributed by atoms with E-state index in [9.17, 15) is 14.0 Å². The van der Waals surface area contributed by atoms with E-state index in [1.165, 1.54) is 42.0 Å². The van der Waals surface area contributed by atoms with Gasteiger partial charge in [0.05, 0.1) is 19.7 Å². The van der Waals surface area contributed by atoms with Gasteiger partial charge in [-0.05, 0) is 49.2 Å². The SMILES string of the molecule is COc1cccc([C@H](C(=O)NC2CCCC2)N(C(=O)Cn2nnc3ccccc32)c2cccc(F)c2)c1OC. The number of ether oxygens (including phenoxy) is 2. The Morgan fingerprint density at radius 2 is 1.82 bits per heavy atom. The zero-order valence-corrected chi connectivity index (χ0v) is 21.8. The summed E-state index contributed by atoms with van der Waals surface area (Å²) in [4.78, 5) is 29.5. The highest BCUT2D eigenvalue weighted by atomic mass is 19.1. The van der Waals surface area contributed by atoms with Gasteiger partial charge in [0.15, 0.2) is 11.5 Å². The summed E-state index contributed by atoms with van der Waals surface area (Å²) >= 11 is 0. The number of fused-ring (bicyclic) bond motifs is 1. The third-order valence-corrected chi connectivity index (χ3v) is 7.00. The number of carbonyl (C=O) groups is 2. The molecular weight excluding hydrogens is 501 g/mol. The molecule has 0 radical (unpaired) electrons. The number of benzene rings is 3. The standard InChI is InChI=1S/C29H30FN5O4/c1-38-25-16-8-13-22(28(25)39-2)27(29(37)31-20-10-3-4-11-20)35(21-12-7-9-19(30)17-21)26(36)18-34-24-15-6-5-14-23(24)32-33-34/h5-9,12-17,20,27H,3-4,10-11,18H2,1-2H3,(H,31,37)/t27-/m1/s1. The van der Waals surface area contributed by atoms with Crippen LogP contribution in [0.5, 0.6) is 11.5 Å². The Hall–Kier alpha value is -4.47. The fourth-order valence-electron chi connectivity index (χ4n) is 5.18. The Bertz CT molecular complexity index is 1480. The van der Waals surface area contributed by atoms with E-state index in [0.717, 1.165) is 25.7 Å². The summed E-state index contributed by atoms with van der Waals surface area (Å²) in [5.74, 6) is -0.694. The first-order valence-electron chi connectivity index (χ1n) is 12.9. The van der Waals surface area contributed by atoms with Crippen molar-refractivity contribution in [2.75, 3.05) is 19.1 Å². The first kappa shape index (κ1) is 26.1. The molecule has 0 aliphatic heterocycles. The Morgan fingerprint density at radius 3 is 2.56 bits per heavy atom. The molecule has 1 aliphatic rings. The molecule has 0 unspecified atom stereocenters. The normalized spacial score (nSPS) is 14.2. The number of hydrogen-bond acceptors (Lipinski definition) is 6. The topological polar surface area (TPSA) is 98.6 Å². The number of nitrogens with one attached hydrogen (secondary N) is 1. The number of methoxy groups -OCH3 is 2. The average Bonchev–Trinajstić information content (AvgIpc) is 3.61. The van der Waals surface area contributed by atoms with Crippen LogP contribution < -0.4 is 19.7 Å². The zero-order chi connectivity index (χ0) is 27.4. The summed E-state index contributed by atoms with van der Waals surface area (Å²) in [6, 6.07) is 16.9. The Kier molecular flexibility index (Phi) is 7.72. The van der Waals surface area contributed by atoms with E-state index in [1.807, 2.05) is 18.2 Å². The van der Waals surface area contributed by atoms with Gasteiger partial charge in [-0.1, -0.05) is 48.4 Å². The summed E-state index contributed by atoms with van der Waals surface area (Å²) < 4.78 is 27.2. The summed E-state index contributed by atoms with van der Waals surface area (Å²) in [5, 5.41) is 11.4. The van der Waals surface area contributed by atoms with Gasteiger partial charge in [0.1, 0.15) is 23.9 Å². The van der Waals surface area contributed by atoms with Crippen molar-refractivity contribution < 1.29 is 23.5 Å². The maximum atomic E-state index is 14.5. The van der Waals surface area contributed by atoms with Gasteiger partial charge in [-0.25, -0.2) is 9.07 Å². The van der Waals surface area contributed by atoms with E-state index in [4.69, 9.17) is 9.47 Å². The number of halogens is 1. The molecule has 9 nitrogen and oxygen atoms in total. The predicted molar refractivity (Wildman–Crippen MR) is 144 cm³/mol. The minimum atomic E-state index is -1.18. The highest BCUT2D eigenvalue weighted by Crippen LogP contribution is 2.39. The van der Waals surface area contributed by atoms with Gasteiger partial charge in [0.25, 0.3) is 0 Å². The molecule has 0 saturated heterocycles. The molecule has 1 fully saturated rings. The number of aromatic nitrogens is 3. The number of amides is 2. The Morgan fingerprint density at radius 1 is 1.05 bits per heavy atom. The molecule has 1 N–H and O–H groups in total. The van der Waals surface area contributed by atoms with Gasteiger partial charge in [-0.3, -0.25) is 14.5 Å². The van der Waals surface area contributed by atoms with E-state index >= 15 is 0 Å². The Balaban J connectivity index is 1.64. The lowest BCUT2D eigenvalue weighted by atomic mass is 10.00. The molecule has 0 spiro atoms. The van der Waals surface area contributed by atoms with E-state index in [0.29, 0.717) is 28.1 Å². The molecule has 10 heteroatoms. The molecule has 5 rings (SSSR count). The van der Waals surface area contributed by atoms with Crippen LogP contribution in [0.3, 0.4) is 0 Å². The predicted octanol–water partition coefficient (Wildman–Crippen LogP) is 4.42. The van der Waals surface area contributed by atoms with Crippen LogP contribution in [-0.2, 0) is 16.1 Å². The van der Waals surface area contributed by atoms with Crippen molar-refractivity contribution in [3.05, 3.63) is 78.1 Å². The lowest BCUT2D eigenvalue weighted by Gasteiger charge is -2.33. The van der Waals surface area contributed by atoms with Crippen LogP contribution in [0.15, 0.2) is 66.7 Å². The van der Waals surface area contributed by atoms with Crippen LogP contribution in [0.2, 0.25) is 0 Å². The van der Waals surface area contributed by atoms with Crippen LogP contribution in [-0.4, -0.2) is 47.1 Å². The third kappa shape index (κ3) is 5.41. The molecule has 2 amide bonds. The molecule has 1 aliphatic carbocycles. The number of carbonyl (C=O) groups excluding carboxylic acids is 2. The van der Waals surface area contributed by atoms with Gasteiger partial charge in [0, 0.05) is 17.3 Å². The summed E-state index contributed by atoms with van der Waals surface area (Å²) in [5.41, 5.74) is 1.93. The highest BCUT2D eigenvalue weighted by Gasteiger charge is 2.37. The van der Waals surface area contributed by atoms with Crippen molar-refractivity contribution in [2.24, 2.45) is 0 Å². The van der Waals surface area contributed by atoms with Crippen molar-refractivity contribution in [3.8, 4) is 11.5 Å². The van der Waals surface area contributed by atoms with Crippen LogP contribution in [0.25, 0.3) is 11.0 Å². The van der Waals surface area contributed by atoms with E-state index in [2.05, 4.69) is 15.6 Å². The first-order chi connectivity index (χ1) is 19.0. The largest absolute Gasteiger partial charge is 0.493 e. The van der Waals surface area contributed by atoms with Gasteiger partial charge in [-0.2, -0.15) is 0 Å². The van der Waals surface area contributed by atoms with Crippen molar-refractivity contribution in [1.82, 2.24) is 20.3 Å². The molecule has 1 saturated carbocycles. The van der Waals surface area contributed by atoms with Gasteiger partial charge in [0.2, 0.25) is 11.8 Å². The first-order valence-corrected chi connectivity index (χ1v) is 12.9. The van der Waals surface area contributed by atoms with E-state index < -0.39 is 23.7 Å². The summed E-state index contributed by atoms with van der Waals surface area (Å²) in [7, 11) is 2.98. The lowest BCUT2D eigenvalue weighted by Crippen LogP contribution is -2.47. The Labute approximate surface area is 225 Å². The van der Waals surface area contributed by atoms with Crippen molar-refractivity contribution >= 4 is 28.5 Å². The molecule has 39 heavy (non-hydrogen) atoms. The fourth-order valence-corrected chi connectivity index (χ4v) is 5.18. The van der Waals surface area contributed by atoms with Crippen LogP contribution in [0.4, 0.5) is 10.1 Å². The van der Waals surface area contributed by atoms with Crippen molar-refractivity contribution in [3.63, 3.8) is 0 Å². The van der Waals surface area contributed by atoms with Crippen LogP contribution >= 0.6 is 0 Å². The molecular formula is C29H30FN5O4. The molecule has 1 aromatic heterocycles. The minimum Gasteiger partial charge on any atom is -0.493 e. The monoisotopic (exact) mass is 531 g/mol. The molecule has 1 atom stereocenters. The summed E-state index contributed by atoms with van der Waals surface area (Å²) in [6.45, 7) is -0.226. The molecule has 1 heterocycles. The van der Waals surface area contributed by atoms with Gasteiger partial charge >= 0.3 is 0 Å². The van der Waals surface area contributed by atoms with Crippen molar-refractivity contribution in [1.29, 1.82) is 0 Å². The third-order valence-electron chi connectivity index (χ3n) is 7.00. The van der Waals surface area contributed by atoms with Crippen LogP contribution in [0, 0.1) is 5.82 Å². The number of para-hydroxylation sites is 2. The molecule has 0 bridgehead atoms. The van der Waals surface area contributed by atoms with Gasteiger partial charge in [-0.15, -0.1) is 5.10 Å². The van der Waals surface area contributed by atoms with Crippen molar-refractivity contribution in [2.45, 2.75) is 44.3 Å². The smallest absolute Gasteiger partial charge is 0.249 e. The molecule has 202 valence electrons. The fraction of sp³-hybridized carbons (Fsp3) is 0.310. The number of nitrogens with zero attached hydrogens (tertiary/aromatic N) is 4. The van der Waals surface area contributed by atoms with E-state index in [1.54, 1.807) is 30.3 Å². The van der Waals surface area contributed by atoms with Gasteiger partial charge < -0.3 is 14.8 Å². The number of hydrogen-bond donors (Lipinski definition) is 1. The average molecular weight is 532 g/mol. The minimum absolute atomic E-state index is 0.0136. The lowest BCUT2D eigenvalue weighted by molar-refractivity contribution is -0.127.